The van der Waals surface area contributed by atoms with Gasteiger partial charge in [0, 0.05) is 18.3 Å². The van der Waals surface area contributed by atoms with Gasteiger partial charge in [-0.05, 0) is 31.5 Å². The third kappa shape index (κ3) is 3.31. The summed E-state index contributed by atoms with van der Waals surface area (Å²) in [6, 6.07) is 5.54. The third-order valence-corrected chi connectivity index (χ3v) is 4.09. The van der Waals surface area contributed by atoms with Crippen LogP contribution >= 0.6 is 0 Å². The van der Waals surface area contributed by atoms with Crippen molar-refractivity contribution < 1.29 is 14.3 Å². The predicted octanol–water partition coefficient (Wildman–Crippen LogP) is 1.92. The Hall–Kier alpha value is -2.50. The van der Waals surface area contributed by atoms with Crippen molar-refractivity contribution in [2.45, 2.75) is 26.3 Å². The van der Waals surface area contributed by atoms with Gasteiger partial charge in [-0.15, -0.1) is 0 Å². The highest BCUT2D eigenvalue weighted by Gasteiger charge is 2.16. The van der Waals surface area contributed by atoms with E-state index in [-0.39, 0.29) is 11.9 Å². The van der Waals surface area contributed by atoms with Crippen LogP contribution in [0.3, 0.4) is 0 Å². The van der Waals surface area contributed by atoms with Gasteiger partial charge in [0.05, 0.1) is 18.7 Å². The number of benzene rings is 1. The summed E-state index contributed by atoms with van der Waals surface area (Å²) in [4.78, 5) is 12.3. The van der Waals surface area contributed by atoms with E-state index in [4.69, 9.17) is 9.47 Å². The minimum absolute atomic E-state index is 0.0302. The summed E-state index contributed by atoms with van der Waals surface area (Å²) in [5.41, 5.74) is 2.99. The smallest absolute Gasteiger partial charge is 0.224 e. The molecule has 1 unspecified atom stereocenters. The summed E-state index contributed by atoms with van der Waals surface area (Å²) < 4.78 is 12.8. The molecule has 0 saturated carbocycles. The highest BCUT2D eigenvalue weighted by molar-refractivity contribution is 5.79. The number of fused-ring (bicyclic) bond motifs is 1. The summed E-state index contributed by atoms with van der Waals surface area (Å²) in [5, 5.41) is 7.23. The molecule has 1 aromatic heterocycles. The molecule has 6 heteroatoms. The van der Waals surface area contributed by atoms with Crippen molar-refractivity contribution in [2.24, 2.45) is 7.05 Å². The van der Waals surface area contributed by atoms with Gasteiger partial charge in [0.25, 0.3) is 0 Å². The van der Waals surface area contributed by atoms with Gasteiger partial charge in [-0.3, -0.25) is 9.48 Å². The minimum atomic E-state index is -0.0755. The molecule has 1 aromatic carbocycles. The molecule has 0 fully saturated rings. The number of carbonyl (C=O) groups is 1. The maximum absolute atomic E-state index is 12.3. The van der Waals surface area contributed by atoms with Crippen LogP contribution < -0.4 is 14.8 Å². The molecular weight excluding hydrogens is 294 g/mol. The molecule has 1 atom stereocenters. The lowest BCUT2D eigenvalue weighted by molar-refractivity contribution is -0.121. The summed E-state index contributed by atoms with van der Waals surface area (Å²) in [6.45, 7) is 5.06. The number of ether oxygens (including phenoxy) is 2. The lowest BCUT2D eigenvalue weighted by Gasteiger charge is -2.19. The number of rotatable bonds is 4. The lowest BCUT2D eigenvalue weighted by atomic mass is 10.1. The second kappa shape index (κ2) is 6.32. The number of nitrogens with zero attached hydrogens (tertiary/aromatic N) is 2. The van der Waals surface area contributed by atoms with Crippen molar-refractivity contribution in [1.82, 2.24) is 15.1 Å². The Balaban J connectivity index is 1.64. The number of hydrogen-bond donors (Lipinski definition) is 1. The highest BCUT2D eigenvalue weighted by atomic mass is 16.6. The van der Waals surface area contributed by atoms with E-state index in [0.29, 0.717) is 25.4 Å². The maximum Gasteiger partial charge on any atom is 0.224 e. The van der Waals surface area contributed by atoms with E-state index in [1.165, 1.54) is 0 Å². The van der Waals surface area contributed by atoms with Crippen LogP contribution in [0.15, 0.2) is 24.4 Å². The molecule has 0 spiro atoms. The number of carbonyl (C=O) groups excluding carboxylic acids is 1. The molecule has 3 rings (SSSR count). The quantitative estimate of drug-likeness (QED) is 0.936. The topological polar surface area (TPSA) is 65.4 Å². The zero-order valence-corrected chi connectivity index (χ0v) is 13.6. The van der Waals surface area contributed by atoms with Crippen molar-refractivity contribution in [3.05, 3.63) is 41.2 Å². The third-order valence-electron chi connectivity index (χ3n) is 4.09. The largest absolute Gasteiger partial charge is 0.486 e. The number of aromatic nitrogens is 2. The van der Waals surface area contributed by atoms with Gasteiger partial charge < -0.3 is 14.8 Å². The molecule has 1 N–H and O–H groups in total. The van der Waals surface area contributed by atoms with Gasteiger partial charge in [-0.1, -0.05) is 6.07 Å². The van der Waals surface area contributed by atoms with E-state index < -0.39 is 0 Å². The van der Waals surface area contributed by atoms with Crippen LogP contribution in [-0.2, 0) is 18.3 Å². The van der Waals surface area contributed by atoms with Crippen LogP contribution in [0.4, 0.5) is 0 Å². The van der Waals surface area contributed by atoms with Crippen molar-refractivity contribution in [2.75, 3.05) is 13.2 Å². The summed E-state index contributed by atoms with van der Waals surface area (Å²) in [5.74, 6) is 1.41. The molecule has 0 bridgehead atoms. The molecular formula is C17H21N3O3. The molecule has 6 nitrogen and oxygen atoms in total. The zero-order valence-electron chi connectivity index (χ0n) is 13.6. The Bertz CT molecular complexity index is 724. The fraction of sp³-hybridized carbons (Fsp3) is 0.412. The molecule has 0 saturated heterocycles. The first-order valence-electron chi connectivity index (χ1n) is 7.71. The molecule has 1 aliphatic heterocycles. The van der Waals surface area contributed by atoms with Crippen molar-refractivity contribution in [1.29, 1.82) is 0 Å². The van der Waals surface area contributed by atoms with Gasteiger partial charge in [-0.25, -0.2) is 0 Å². The van der Waals surface area contributed by atoms with Gasteiger partial charge in [0.2, 0.25) is 5.91 Å². The highest BCUT2D eigenvalue weighted by Crippen LogP contribution is 2.30. The number of hydrogen-bond acceptors (Lipinski definition) is 4. The normalized spacial score (nSPS) is 14.4. The molecule has 23 heavy (non-hydrogen) atoms. The minimum Gasteiger partial charge on any atom is -0.486 e. The van der Waals surface area contributed by atoms with E-state index in [1.807, 2.05) is 39.1 Å². The van der Waals surface area contributed by atoms with E-state index in [1.54, 1.807) is 10.9 Å². The van der Waals surface area contributed by atoms with Crippen molar-refractivity contribution in [3.8, 4) is 11.5 Å². The first-order valence-corrected chi connectivity index (χ1v) is 7.71. The van der Waals surface area contributed by atoms with E-state index in [2.05, 4.69) is 10.4 Å². The standard InChI is InChI=1S/C17H21N3O3/c1-11(14-10-18-20(3)12(14)2)19-17(21)9-13-4-5-15-16(8-13)23-7-6-22-15/h4-5,8,10-11H,6-7,9H2,1-3H3,(H,19,21). The second-order valence-electron chi connectivity index (χ2n) is 5.75. The molecule has 1 aliphatic rings. The molecule has 0 aliphatic carbocycles. The van der Waals surface area contributed by atoms with Gasteiger partial charge >= 0.3 is 0 Å². The fourth-order valence-electron chi connectivity index (χ4n) is 2.69. The fourth-order valence-corrected chi connectivity index (χ4v) is 2.69. The Morgan fingerprint density at radius 3 is 2.78 bits per heavy atom. The first kappa shape index (κ1) is 15.4. The molecule has 122 valence electrons. The monoisotopic (exact) mass is 315 g/mol. The van der Waals surface area contributed by atoms with E-state index in [0.717, 1.165) is 22.6 Å². The van der Waals surface area contributed by atoms with Gasteiger partial charge in [0.1, 0.15) is 13.2 Å². The summed E-state index contributed by atoms with van der Waals surface area (Å²) in [6.07, 6.45) is 2.10. The predicted molar refractivity (Wildman–Crippen MR) is 85.6 cm³/mol. The van der Waals surface area contributed by atoms with Crippen molar-refractivity contribution in [3.63, 3.8) is 0 Å². The van der Waals surface area contributed by atoms with E-state index in [9.17, 15) is 4.79 Å². The van der Waals surface area contributed by atoms with Gasteiger partial charge in [-0.2, -0.15) is 5.10 Å². The van der Waals surface area contributed by atoms with Crippen LogP contribution in [0.5, 0.6) is 11.5 Å². The van der Waals surface area contributed by atoms with Gasteiger partial charge in [0.15, 0.2) is 11.5 Å². The Kier molecular flexibility index (Phi) is 4.23. The van der Waals surface area contributed by atoms with Crippen LogP contribution in [0, 0.1) is 6.92 Å². The van der Waals surface area contributed by atoms with Crippen LogP contribution in [0.2, 0.25) is 0 Å². The van der Waals surface area contributed by atoms with Crippen LogP contribution in [-0.4, -0.2) is 28.9 Å². The Labute approximate surface area is 135 Å². The number of amides is 1. The zero-order chi connectivity index (χ0) is 16.4. The lowest BCUT2D eigenvalue weighted by Crippen LogP contribution is -2.28. The number of nitrogens with one attached hydrogen (secondary N) is 1. The van der Waals surface area contributed by atoms with Crippen LogP contribution in [0.1, 0.15) is 29.8 Å². The molecule has 2 heterocycles. The molecule has 1 amide bonds. The summed E-state index contributed by atoms with van der Waals surface area (Å²) in [7, 11) is 1.89. The Morgan fingerprint density at radius 2 is 2.09 bits per heavy atom. The molecule has 0 radical (unpaired) electrons. The SMILES string of the molecule is Cc1c(C(C)NC(=O)Cc2ccc3c(c2)OCCO3)cnn1C. The van der Waals surface area contributed by atoms with Crippen molar-refractivity contribution >= 4 is 5.91 Å². The molecule has 2 aromatic rings. The van der Waals surface area contributed by atoms with Crippen LogP contribution in [0.25, 0.3) is 0 Å². The number of aryl methyl sites for hydroxylation is 1. The first-order chi connectivity index (χ1) is 11.0. The summed E-state index contributed by atoms with van der Waals surface area (Å²) >= 11 is 0. The Morgan fingerprint density at radius 1 is 1.35 bits per heavy atom. The average Bonchev–Trinajstić information content (AvgIpc) is 2.86. The maximum atomic E-state index is 12.3. The second-order valence-corrected chi connectivity index (χ2v) is 5.75. The average molecular weight is 315 g/mol. The van der Waals surface area contributed by atoms with E-state index >= 15 is 0 Å².